The second kappa shape index (κ2) is 7.62. The second-order valence-electron chi connectivity index (χ2n) is 5.52. The summed E-state index contributed by atoms with van der Waals surface area (Å²) in [6.07, 6.45) is 3.05. The largest absolute Gasteiger partial charge is 0.313 e. The zero-order chi connectivity index (χ0) is 15.2. The van der Waals surface area contributed by atoms with Gasteiger partial charge in [0.15, 0.2) is 0 Å². The van der Waals surface area contributed by atoms with E-state index in [0.29, 0.717) is 6.04 Å². The lowest BCUT2D eigenvalue weighted by Crippen LogP contribution is -2.34. The summed E-state index contributed by atoms with van der Waals surface area (Å²) >= 11 is 6.37. The predicted molar refractivity (Wildman–Crippen MR) is 88.9 cm³/mol. The van der Waals surface area contributed by atoms with Crippen LogP contribution in [0, 0.1) is 6.92 Å². The van der Waals surface area contributed by atoms with E-state index in [2.05, 4.69) is 47.7 Å². The highest BCUT2D eigenvalue weighted by atomic mass is 35.5. The molecular formula is C17H24ClN3. The van der Waals surface area contributed by atoms with Gasteiger partial charge in [0.25, 0.3) is 0 Å². The lowest BCUT2D eigenvalue weighted by atomic mass is 9.99. The molecule has 4 heteroatoms. The van der Waals surface area contributed by atoms with Gasteiger partial charge in [-0.05, 0) is 38.3 Å². The van der Waals surface area contributed by atoms with E-state index in [9.17, 15) is 0 Å². The molecule has 0 bridgehead atoms. The topological polar surface area (TPSA) is 29.9 Å². The van der Waals surface area contributed by atoms with Crippen molar-refractivity contribution < 1.29 is 0 Å². The molecule has 0 saturated carbocycles. The van der Waals surface area contributed by atoms with E-state index in [1.54, 1.807) is 4.68 Å². The third kappa shape index (κ3) is 4.32. The molecule has 0 fully saturated rings. The van der Waals surface area contributed by atoms with Gasteiger partial charge in [0.2, 0.25) is 0 Å². The van der Waals surface area contributed by atoms with Crippen molar-refractivity contribution >= 4 is 11.6 Å². The number of halogens is 1. The minimum Gasteiger partial charge on any atom is -0.313 e. The Morgan fingerprint density at radius 3 is 2.52 bits per heavy atom. The average molecular weight is 306 g/mol. The summed E-state index contributed by atoms with van der Waals surface area (Å²) in [4.78, 5) is 0. The first kappa shape index (κ1) is 16.1. The number of rotatable bonds is 7. The number of nitrogens with one attached hydrogen (secondary N) is 1. The van der Waals surface area contributed by atoms with Gasteiger partial charge in [-0.3, -0.25) is 4.68 Å². The van der Waals surface area contributed by atoms with Crippen LogP contribution in [0.15, 0.2) is 30.3 Å². The fourth-order valence-corrected chi connectivity index (χ4v) is 2.87. The minimum atomic E-state index is 0.382. The van der Waals surface area contributed by atoms with E-state index < -0.39 is 0 Å². The Bertz CT molecular complexity index is 563. The molecule has 0 saturated heterocycles. The molecule has 1 N–H and O–H groups in total. The van der Waals surface area contributed by atoms with Crippen molar-refractivity contribution in [2.75, 3.05) is 6.54 Å². The minimum absolute atomic E-state index is 0.382. The monoisotopic (exact) mass is 305 g/mol. The lowest BCUT2D eigenvalue weighted by Gasteiger charge is -2.19. The molecule has 1 unspecified atom stereocenters. The third-order valence-corrected chi connectivity index (χ3v) is 4.20. The highest BCUT2D eigenvalue weighted by molar-refractivity contribution is 6.30. The molecule has 114 valence electrons. The zero-order valence-corrected chi connectivity index (χ0v) is 13.8. The van der Waals surface area contributed by atoms with E-state index >= 15 is 0 Å². The predicted octanol–water partition coefficient (Wildman–Crippen LogP) is 3.54. The van der Waals surface area contributed by atoms with Crippen LogP contribution in [-0.4, -0.2) is 22.4 Å². The molecule has 0 aliphatic heterocycles. The van der Waals surface area contributed by atoms with Crippen molar-refractivity contribution in [1.29, 1.82) is 0 Å². The Balaban J connectivity index is 2.12. The summed E-state index contributed by atoms with van der Waals surface area (Å²) in [5.74, 6) is 0. The van der Waals surface area contributed by atoms with Crippen molar-refractivity contribution in [3.8, 4) is 0 Å². The first-order valence-electron chi connectivity index (χ1n) is 7.57. The summed E-state index contributed by atoms with van der Waals surface area (Å²) < 4.78 is 1.76. The third-order valence-electron chi connectivity index (χ3n) is 3.73. The van der Waals surface area contributed by atoms with E-state index in [-0.39, 0.29) is 0 Å². The van der Waals surface area contributed by atoms with Gasteiger partial charge < -0.3 is 5.32 Å². The van der Waals surface area contributed by atoms with Gasteiger partial charge in [0, 0.05) is 18.7 Å². The van der Waals surface area contributed by atoms with E-state index in [1.165, 1.54) is 5.56 Å². The summed E-state index contributed by atoms with van der Waals surface area (Å²) in [6.45, 7) is 5.24. The number of hydrogen-bond donors (Lipinski definition) is 1. The summed E-state index contributed by atoms with van der Waals surface area (Å²) in [5.41, 5.74) is 3.53. The molecule has 1 heterocycles. The number of benzene rings is 1. The summed E-state index contributed by atoms with van der Waals surface area (Å²) in [7, 11) is 1.89. The first-order valence-corrected chi connectivity index (χ1v) is 7.94. The molecular weight excluding hydrogens is 282 g/mol. The van der Waals surface area contributed by atoms with Crippen LogP contribution in [0.4, 0.5) is 0 Å². The Hall–Kier alpha value is -1.32. The van der Waals surface area contributed by atoms with E-state index in [1.807, 2.05) is 14.0 Å². The lowest BCUT2D eigenvalue weighted by molar-refractivity contribution is 0.504. The van der Waals surface area contributed by atoms with Crippen molar-refractivity contribution in [3.05, 3.63) is 52.3 Å². The maximum Gasteiger partial charge on any atom is 0.130 e. The van der Waals surface area contributed by atoms with Crippen LogP contribution in [0.2, 0.25) is 5.15 Å². The van der Waals surface area contributed by atoms with Crippen LogP contribution in [0.5, 0.6) is 0 Å². The van der Waals surface area contributed by atoms with Crippen LogP contribution in [-0.2, 0) is 19.9 Å². The molecule has 0 radical (unpaired) electrons. The molecule has 1 atom stereocenters. The molecule has 1 aromatic carbocycles. The van der Waals surface area contributed by atoms with Gasteiger partial charge in [-0.25, -0.2) is 0 Å². The van der Waals surface area contributed by atoms with Crippen molar-refractivity contribution in [1.82, 2.24) is 15.1 Å². The Morgan fingerprint density at radius 2 is 1.95 bits per heavy atom. The molecule has 3 nitrogen and oxygen atoms in total. The van der Waals surface area contributed by atoms with Crippen LogP contribution >= 0.6 is 11.6 Å². The average Bonchev–Trinajstić information content (AvgIpc) is 2.72. The standard InChI is InChI=1S/C17H24ClN3/c1-4-10-19-15(11-14-8-6-5-7-9-14)12-16-13(2)20-21(3)17(16)18/h5-9,15,19H,4,10-12H2,1-3H3. The molecule has 1 aromatic heterocycles. The SMILES string of the molecule is CCCNC(Cc1ccccc1)Cc1c(C)nn(C)c1Cl. The highest BCUT2D eigenvalue weighted by Gasteiger charge is 2.17. The van der Waals surface area contributed by atoms with Gasteiger partial charge >= 0.3 is 0 Å². The molecule has 0 aliphatic rings. The maximum absolute atomic E-state index is 6.37. The van der Waals surface area contributed by atoms with Gasteiger partial charge in [-0.2, -0.15) is 5.10 Å². The number of hydrogen-bond acceptors (Lipinski definition) is 2. The molecule has 21 heavy (non-hydrogen) atoms. The van der Waals surface area contributed by atoms with Crippen LogP contribution in [0.3, 0.4) is 0 Å². The number of aromatic nitrogens is 2. The van der Waals surface area contributed by atoms with Crippen LogP contribution in [0.1, 0.15) is 30.2 Å². The van der Waals surface area contributed by atoms with Gasteiger partial charge in [-0.15, -0.1) is 0 Å². The van der Waals surface area contributed by atoms with Crippen molar-refractivity contribution in [2.45, 2.75) is 39.2 Å². The van der Waals surface area contributed by atoms with Crippen LogP contribution in [0.25, 0.3) is 0 Å². The maximum atomic E-state index is 6.37. The normalized spacial score (nSPS) is 12.6. The summed E-state index contributed by atoms with van der Waals surface area (Å²) in [5, 5.41) is 8.80. The molecule has 0 spiro atoms. The Kier molecular flexibility index (Phi) is 5.83. The molecule has 2 aromatic rings. The second-order valence-corrected chi connectivity index (χ2v) is 5.88. The number of aryl methyl sites for hydroxylation is 2. The quantitative estimate of drug-likeness (QED) is 0.848. The summed E-state index contributed by atoms with van der Waals surface area (Å²) in [6, 6.07) is 11.0. The van der Waals surface area contributed by atoms with Gasteiger partial charge in [0.1, 0.15) is 5.15 Å². The highest BCUT2D eigenvalue weighted by Crippen LogP contribution is 2.21. The fraction of sp³-hybridized carbons (Fsp3) is 0.471. The van der Waals surface area contributed by atoms with E-state index in [4.69, 9.17) is 11.6 Å². The van der Waals surface area contributed by atoms with Crippen LogP contribution < -0.4 is 5.32 Å². The Labute approximate surface area is 132 Å². The van der Waals surface area contributed by atoms with Crippen molar-refractivity contribution in [3.63, 3.8) is 0 Å². The Morgan fingerprint density at radius 1 is 1.24 bits per heavy atom. The molecule has 0 amide bonds. The molecule has 0 aliphatic carbocycles. The van der Waals surface area contributed by atoms with Crippen molar-refractivity contribution in [2.24, 2.45) is 7.05 Å². The zero-order valence-electron chi connectivity index (χ0n) is 13.1. The molecule has 2 rings (SSSR count). The smallest absolute Gasteiger partial charge is 0.130 e. The van der Waals surface area contributed by atoms with Gasteiger partial charge in [-0.1, -0.05) is 48.9 Å². The number of nitrogens with zero attached hydrogens (tertiary/aromatic N) is 2. The first-order chi connectivity index (χ1) is 10.1. The van der Waals surface area contributed by atoms with E-state index in [0.717, 1.165) is 42.2 Å². The van der Waals surface area contributed by atoms with Gasteiger partial charge in [0.05, 0.1) is 5.69 Å². The fourth-order valence-electron chi connectivity index (χ4n) is 2.62.